The third-order valence-electron chi connectivity index (χ3n) is 1.91. The van der Waals surface area contributed by atoms with E-state index in [9.17, 15) is 14.4 Å². The fourth-order valence-electron chi connectivity index (χ4n) is 1.07. The summed E-state index contributed by atoms with van der Waals surface area (Å²) in [5, 5.41) is 0. The van der Waals surface area contributed by atoms with Gasteiger partial charge in [0.25, 0.3) is 0 Å². The molecule has 0 saturated heterocycles. The van der Waals surface area contributed by atoms with E-state index >= 15 is 0 Å². The molecule has 1 atom stereocenters. The second-order valence-electron chi connectivity index (χ2n) is 3.25. The van der Waals surface area contributed by atoms with E-state index < -0.39 is 18.2 Å². The van der Waals surface area contributed by atoms with E-state index in [1.807, 2.05) is 6.07 Å². The van der Waals surface area contributed by atoms with E-state index in [1.165, 1.54) is 6.92 Å². The third-order valence-corrected chi connectivity index (χ3v) is 1.91. The summed E-state index contributed by atoms with van der Waals surface area (Å²) in [7, 11) is 0. The van der Waals surface area contributed by atoms with Crippen molar-refractivity contribution in [1.29, 1.82) is 0 Å². The number of esters is 1. The van der Waals surface area contributed by atoms with Gasteiger partial charge in [-0.2, -0.15) is 0 Å². The van der Waals surface area contributed by atoms with Crippen LogP contribution in [0.25, 0.3) is 0 Å². The van der Waals surface area contributed by atoms with Gasteiger partial charge in [-0.05, 0) is 19.1 Å². The first-order chi connectivity index (χ1) is 8.17. The molecular weight excluding hydrogens is 224 g/mol. The number of carbonyl (C=O) groups is 3. The first-order valence-electron chi connectivity index (χ1n) is 5.00. The molecule has 0 aliphatic carbocycles. The number of benzene rings is 1. The van der Waals surface area contributed by atoms with Gasteiger partial charge in [-0.15, -0.1) is 0 Å². The minimum Gasteiger partial charge on any atom is -0.479 e. The number of hydrogen-bond acceptors (Lipinski definition) is 5. The van der Waals surface area contributed by atoms with Crippen molar-refractivity contribution < 1.29 is 23.9 Å². The van der Waals surface area contributed by atoms with Crippen LogP contribution < -0.4 is 4.74 Å². The maximum atomic E-state index is 11.4. The molecule has 0 saturated carbocycles. The molecule has 0 amide bonds. The van der Waals surface area contributed by atoms with Gasteiger partial charge in [-0.1, -0.05) is 18.2 Å². The maximum absolute atomic E-state index is 11.4. The second-order valence-corrected chi connectivity index (χ2v) is 3.25. The van der Waals surface area contributed by atoms with Crippen LogP contribution in [0.1, 0.15) is 6.92 Å². The molecule has 0 aromatic heterocycles. The van der Waals surface area contributed by atoms with Crippen LogP contribution >= 0.6 is 0 Å². The maximum Gasteiger partial charge on any atom is 0.348 e. The van der Waals surface area contributed by atoms with E-state index in [0.717, 1.165) is 0 Å². The Morgan fingerprint density at radius 2 is 1.76 bits per heavy atom. The van der Waals surface area contributed by atoms with Crippen molar-refractivity contribution in [3.05, 3.63) is 30.3 Å². The molecule has 0 fully saturated rings. The third kappa shape index (κ3) is 4.06. The summed E-state index contributed by atoms with van der Waals surface area (Å²) >= 11 is 0. The highest BCUT2D eigenvalue weighted by Gasteiger charge is 2.20. The average molecular weight is 236 g/mol. The van der Waals surface area contributed by atoms with E-state index in [1.54, 1.807) is 24.3 Å². The largest absolute Gasteiger partial charge is 0.479 e. The SMILES string of the molecule is CC(Oc1ccccc1)C(=O)OC(C=O)C=O. The molecule has 0 N–H and O–H groups in total. The fraction of sp³-hybridized carbons (Fsp3) is 0.250. The van der Waals surface area contributed by atoms with Gasteiger partial charge in [0.2, 0.25) is 6.10 Å². The first-order valence-corrected chi connectivity index (χ1v) is 5.00. The van der Waals surface area contributed by atoms with Gasteiger partial charge >= 0.3 is 5.97 Å². The zero-order valence-corrected chi connectivity index (χ0v) is 9.24. The van der Waals surface area contributed by atoms with Crippen LogP contribution in [-0.2, 0) is 19.1 Å². The summed E-state index contributed by atoms with van der Waals surface area (Å²) in [6.45, 7) is 1.47. The van der Waals surface area contributed by atoms with Crippen LogP contribution in [0.2, 0.25) is 0 Å². The second kappa shape index (κ2) is 6.42. The van der Waals surface area contributed by atoms with Gasteiger partial charge in [0.05, 0.1) is 0 Å². The lowest BCUT2D eigenvalue weighted by atomic mass is 10.3. The number of rotatable bonds is 6. The smallest absolute Gasteiger partial charge is 0.348 e. The van der Waals surface area contributed by atoms with E-state index in [4.69, 9.17) is 4.74 Å². The minimum absolute atomic E-state index is 0.250. The van der Waals surface area contributed by atoms with Crippen LogP contribution in [0.15, 0.2) is 30.3 Å². The monoisotopic (exact) mass is 236 g/mol. The van der Waals surface area contributed by atoms with Crippen molar-refractivity contribution in [2.24, 2.45) is 0 Å². The fourth-order valence-corrected chi connectivity index (χ4v) is 1.07. The number of aldehydes is 2. The zero-order chi connectivity index (χ0) is 12.7. The molecule has 0 aliphatic heterocycles. The lowest BCUT2D eigenvalue weighted by Crippen LogP contribution is -2.31. The van der Waals surface area contributed by atoms with Gasteiger partial charge < -0.3 is 9.47 Å². The van der Waals surface area contributed by atoms with Crippen LogP contribution in [0.4, 0.5) is 0 Å². The number of para-hydroxylation sites is 1. The lowest BCUT2D eigenvalue weighted by Gasteiger charge is -2.14. The molecule has 0 aliphatic rings. The highest BCUT2D eigenvalue weighted by atomic mass is 16.6. The molecule has 5 heteroatoms. The van der Waals surface area contributed by atoms with Gasteiger partial charge in [0.1, 0.15) is 5.75 Å². The van der Waals surface area contributed by atoms with Crippen molar-refractivity contribution in [1.82, 2.24) is 0 Å². The van der Waals surface area contributed by atoms with Crippen molar-refractivity contribution in [3.63, 3.8) is 0 Å². The molecule has 0 heterocycles. The van der Waals surface area contributed by atoms with Crippen LogP contribution in [0.5, 0.6) is 5.75 Å². The Morgan fingerprint density at radius 1 is 1.18 bits per heavy atom. The highest BCUT2D eigenvalue weighted by Crippen LogP contribution is 2.11. The molecule has 17 heavy (non-hydrogen) atoms. The van der Waals surface area contributed by atoms with Gasteiger partial charge in [-0.25, -0.2) is 4.79 Å². The molecule has 0 radical (unpaired) electrons. The molecule has 1 aromatic rings. The molecule has 90 valence electrons. The topological polar surface area (TPSA) is 69.7 Å². The van der Waals surface area contributed by atoms with Crippen LogP contribution in [0, 0.1) is 0 Å². The highest BCUT2D eigenvalue weighted by molar-refractivity contribution is 5.86. The van der Waals surface area contributed by atoms with Gasteiger partial charge in [0, 0.05) is 0 Å². The minimum atomic E-state index is -1.37. The number of hydrogen-bond donors (Lipinski definition) is 0. The first kappa shape index (κ1) is 12.9. The van der Waals surface area contributed by atoms with Crippen molar-refractivity contribution in [3.8, 4) is 5.75 Å². The van der Waals surface area contributed by atoms with Gasteiger partial charge in [0.15, 0.2) is 18.7 Å². The zero-order valence-electron chi connectivity index (χ0n) is 9.24. The van der Waals surface area contributed by atoms with Crippen LogP contribution in [-0.4, -0.2) is 30.7 Å². The summed E-state index contributed by atoms with van der Waals surface area (Å²) < 4.78 is 9.84. The van der Waals surface area contributed by atoms with Crippen molar-refractivity contribution >= 4 is 18.5 Å². The Balaban J connectivity index is 2.53. The van der Waals surface area contributed by atoms with E-state index in [0.29, 0.717) is 5.75 Å². The van der Waals surface area contributed by atoms with E-state index in [2.05, 4.69) is 4.74 Å². The molecule has 5 nitrogen and oxygen atoms in total. The molecular formula is C12H12O5. The molecule has 1 aromatic carbocycles. The molecule has 1 rings (SSSR count). The standard InChI is InChI=1S/C12H12O5/c1-9(12(15)17-11(7-13)8-14)16-10-5-3-2-4-6-10/h2-9,11H,1H3. The lowest BCUT2D eigenvalue weighted by molar-refractivity contribution is -0.159. The summed E-state index contributed by atoms with van der Waals surface area (Å²) in [5.41, 5.74) is 0. The Kier molecular flexibility index (Phi) is 4.87. The average Bonchev–Trinajstić information content (AvgIpc) is 2.36. The Morgan fingerprint density at radius 3 is 2.29 bits per heavy atom. The van der Waals surface area contributed by atoms with Crippen molar-refractivity contribution in [2.75, 3.05) is 0 Å². The normalized spacial score (nSPS) is 11.6. The number of ether oxygens (including phenoxy) is 2. The summed E-state index contributed by atoms with van der Waals surface area (Å²) in [4.78, 5) is 32.0. The molecule has 0 bridgehead atoms. The summed E-state index contributed by atoms with van der Waals surface area (Å²) in [6.07, 6.45) is -1.76. The Hall–Kier alpha value is -2.17. The Labute approximate surface area is 98.3 Å². The summed E-state index contributed by atoms with van der Waals surface area (Å²) in [6, 6.07) is 8.69. The molecule has 0 spiro atoms. The Bertz CT molecular complexity index is 379. The molecule has 1 unspecified atom stereocenters. The predicted octanol–water partition coefficient (Wildman–Crippen LogP) is 0.763. The van der Waals surface area contributed by atoms with Crippen molar-refractivity contribution in [2.45, 2.75) is 19.1 Å². The number of carbonyl (C=O) groups excluding carboxylic acids is 3. The van der Waals surface area contributed by atoms with Gasteiger partial charge in [-0.3, -0.25) is 9.59 Å². The predicted molar refractivity (Wildman–Crippen MR) is 58.5 cm³/mol. The quantitative estimate of drug-likeness (QED) is 0.414. The van der Waals surface area contributed by atoms with E-state index in [-0.39, 0.29) is 12.6 Å². The summed E-state index contributed by atoms with van der Waals surface area (Å²) in [5.74, 6) is -0.260. The van der Waals surface area contributed by atoms with Crippen LogP contribution in [0.3, 0.4) is 0 Å².